The van der Waals surface area contributed by atoms with Gasteiger partial charge in [-0.2, -0.15) is 0 Å². The highest BCUT2D eigenvalue weighted by molar-refractivity contribution is 5.94. The van der Waals surface area contributed by atoms with Crippen LogP contribution in [0.3, 0.4) is 0 Å². The molecule has 0 spiro atoms. The van der Waals surface area contributed by atoms with Gasteiger partial charge in [0.15, 0.2) is 29.0 Å². The average molecular weight is 339 g/mol. The van der Waals surface area contributed by atoms with Crippen LogP contribution in [0.4, 0.5) is 13.2 Å². The number of carbonyl (C=O) groups is 1. The third kappa shape index (κ3) is 3.37. The van der Waals surface area contributed by atoms with Crippen LogP contribution in [0.1, 0.15) is 10.4 Å². The Labute approximate surface area is 134 Å². The molecular weight excluding hydrogens is 327 g/mol. The molecule has 24 heavy (non-hydrogen) atoms. The van der Waals surface area contributed by atoms with Crippen LogP contribution in [0, 0.1) is 17.5 Å². The van der Waals surface area contributed by atoms with E-state index in [1.165, 1.54) is 0 Å². The van der Waals surface area contributed by atoms with E-state index in [4.69, 9.17) is 14.2 Å². The summed E-state index contributed by atoms with van der Waals surface area (Å²) in [5, 5.41) is 2.42. The molecule has 0 saturated carbocycles. The van der Waals surface area contributed by atoms with Gasteiger partial charge in [-0.25, -0.2) is 13.2 Å². The lowest BCUT2D eigenvalue weighted by molar-refractivity contribution is 0.0945. The zero-order chi connectivity index (χ0) is 17.1. The molecule has 3 rings (SSSR count). The van der Waals surface area contributed by atoms with Gasteiger partial charge in [-0.3, -0.25) is 4.79 Å². The van der Waals surface area contributed by atoms with E-state index >= 15 is 0 Å². The standard InChI is InChI=1S/C16H12F3NO4/c17-11-5-9(6-12(18)15(11)19)16(21)20-3-4-22-10-1-2-13-14(7-10)24-8-23-13/h1-2,5-7H,3-4,8H2,(H,20,21). The molecule has 0 unspecified atom stereocenters. The zero-order valence-corrected chi connectivity index (χ0v) is 12.3. The van der Waals surface area contributed by atoms with Gasteiger partial charge in [0.1, 0.15) is 12.4 Å². The molecule has 0 aliphatic carbocycles. The number of fused-ring (bicyclic) bond motifs is 1. The van der Waals surface area contributed by atoms with Gasteiger partial charge >= 0.3 is 0 Å². The van der Waals surface area contributed by atoms with Gasteiger partial charge in [0.25, 0.3) is 5.91 Å². The molecule has 1 amide bonds. The lowest BCUT2D eigenvalue weighted by atomic mass is 10.2. The fourth-order valence-corrected chi connectivity index (χ4v) is 2.09. The summed E-state index contributed by atoms with van der Waals surface area (Å²) < 4.78 is 54.8. The molecule has 1 N–H and O–H groups in total. The van der Waals surface area contributed by atoms with Crippen molar-refractivity contribution in [1.29, 1.82) is 0 Å². The van der Waals surface area contributed by atoms with Crippen molar-refractivity contribution < 1.29 is 32.2 Å². The first-order valence-electron chi connectivity index (χ1n) is 7.00. The van der Waals surface area contributed by atoms with Crippen molar-refractivity contribution in [3.8, 4) is 17.2 Å². The minimum atomic E-state index is -1.61. The molecule has 1 aliphatic rings. The lowest BCUT2D eigenvalue weighted by Crippen LogP contribution is -2.28. The highest BCUT2D eigenvalue weighted by atomic mass is 19.2. The molecule has 1 aliphatic heterocycles. The van der Waals surface area contributed by atoms with E-state index in [2.05, 4.69) is 5.32 Å². The number of hydrogen-bond acceptors (Lipinski definition) is 4. The third-order valence-electron chi connectivity index (χ3n) is 3.25. The Morgan fingerprint density at radius 3 is 2.54 bits per heavy atom. The van der Waals surface area contributed by atoms with Crippen LogP contribution in [-0.4, -0.2) is 25.9 Å². The Morgan fingerprint density at radius 1 is 1.08 bits per heavy atom. The van der Waals surface area contributed by atoms with Crippen LogP contribution in [0.15, 0.2) is 30.3 Å². The summed E-state index contributed by atoms with van der Waals surface area (Å²) in [6.45, 7) is 0.366. The number of carbonyl (C=O) groups excluding carboxylic acids is 1. The molecule has 2 aromatic rings. The quantitative estimate of drug-likeness (QED) is 0.672. The van der Waals surface area contributed by atoms with Crippen molar-refractivity contribution >= 4 is 5.91 Å². The van der Waals surface area contributed by atoms with Gasteiger partial charge in [0, 0.05) is 11.6 Å². The molecule has 0 bridgehead atoms. The fraction of sp³-hybridized carbons (Fsp3) is 0.188. The molecule has 5 nitrogen and oxygen atoms in total. The van der Waals surface area contributed by atoms with Crippen molar-refractivity contribution in [3.63, 3.8) is 0 Å². The first-order valence-corrected chi connectivity index (χ1v) is 7.00. The maximum absolute atomic E-state index is 13.1. The summed E-state index contributed by atoms with van der Waals surface area (Å²) in [7, 11) is 0. The SMILES string of the molecule is O=C(NCCOc1ccc2c(c1)OCO2)c1cc(F)c(F)c(F)c1. The van der Waals surface area contributed by atoms with E-state index in [0.717, 1.165) is 0 Å². The van der Waals surface area contributed by atoms with Crippen molar-refractivity contribution in [2.24, 2.45) is 0 Å². The summed E-state index contributed by atoms with van der Waals surface area (Å²) in [5.41, 5.74) is -0.311. The molecule has 0 atom stereocenters. The van der Waals surface area contributed by atoms with E-state index in [9.17, 15) is 18.0 Å². The number of hydrogen-bond donors (Lipinski definition) is 1. The molecule has 0 radical (unpaired) electrons. The number of amides is 1. The number of ether oxygens (including phenoxy) is 3. The Kier molecular flexibility index (Phi) is 4.45. The average Bonchev–Trinajstić information content (AvgIpc) is 3.03. The van der Waals surface area contributed by atoms with E-state index in [-0.39, 0.29) is 25.5 Å². The summed E-state index contributed by atoms with van der Waals surface area (Å²) in [6.07, 6.45) is 0. The molecule has 2 aromatic carbocycles. The highest BCUT2D eigenvalue weighted by Gasteiger charge is 2.15. The fourth-order valence-electron chi connectivity index (χ4n) is 2.09. The van der Waals surface area contributed by atoms with Crippen LogP contribution < -0.4 is 19.5 Å². The second-order valence-electron chi connectivity index (χ2n) is 4.87. The minimum Gasteiger partial charge on any atom is -0.492 e. The summed E-state index contributed by atoms with van der Waals surface area (Å²) in [5.74, 6) is -3.48. The zero-order valence-electron chi connectivity index (χ0n) is 12.3. The molecule has 126 valence electrons. The highest BCUT2D eigenvalue weighted by Crippen LogP contribution is 2.34. The van der Waals surface area contributed by atoms with Gasteiger partial charge in [-0.1, -0.05) is 0 Å². The topological polar surface area (TPSA) is 56.8 Å². The third-order valence-corrected chi connectivity index (χ3v) is 3.25. The number of benzene rings is 2. The molecule has 1 heterocycles. The first-order chi connectivity index (χ1) is 11.5. The number of halogens is 3. The van der Waals surface area contributed by atoms with Crippen LogP contribution in [0.2, 0.25) is 0 Å². The summed E-state index contributed by atoms with van der Waals surface area (Å²) in [6, 6.07) is 6.29. The Hall–Kier alpha value is -2.90. The Morgan fingerprint density at radius 2 is 1.79 bits per heavy atom. The monoisotopic (exact) mass is 339 g/mol. The number of rotatable bonds is 5. The van der Waals surface area contributed by atoms with Crippen molar-refractivity contribution in [3.05, 3.63) is 53.3 Å². The van der Waals surface area contributed by atoms with Crippen molar-refractivity contribution in [2.45, 2.75) is 0 Å². The second-order valence-corrected chi connectivity index (χ2v) is 4.87. The van der Waals surface area contributed by atoms with Gasteiger partial charge in [-0.15, -0.1) is 0 Å². The van der Waals surface area contributed by atoms with E-state index in [0.29, 0.717) is 29.4 Å². The van der Waals surface area contributed by atoms with Crippen molar-refractivity contribution in [2.75, 3.05) is 19.9 Å². The molecule has 0 saturated heterocycles. The largest absolute Gasteiger partial charge is 0.492 e. The van der Waals surface area contributed by atoms with Crippen LogP contribution in [0.5, 0.6) is 17.2 Å². The molecule has 0 fully saturated rings. The van der Waals surface area contributed by atoms with E-state index in [1.807, 2.05) is 0 Å². The Bertz CT molecular complexity index is 759. The second kappa shape index (κ2) is 6.69. The molecule has 8 heteroatoms. The van der Waals surface area contributed by atoms with Crippen molar-refractivity contribution in [1.82, 2.24) is 5.32 Å². The van der Waals surface area contributed by atoms with Gasteiger partial charge in [0.2, 0.25) is 6.79 Å². The first kappa shape index (κ1) is 16.0. The van der Waals surface area contributed by atoms with E-state index < -0.39 is 23.4 Å². The van der Waals surface area contributed by atoms with Crippen LogP contribution in [0.25, 0.3) is 0 Å². The number of nitrogens with one attached hydrogen (secondary N) is 1. The maximum Gasteiger partial charge on any atom is 0.251 e. The predicted molar refractivity (Wildman–Crippen MR) is 76.7 cm³/mol. The summed E-state index contributed by atoms with van der Waals surface area (Å²) >= 11 is 0. The smallest absolute Gasteiger partial charge is 0.251 e. The lowest BCUT2D eigenvalue weighted by Gasteiger charge is -2.09. The van der Waals surface area contributed by atoms with Crippen LogP contribution >= 0.6 is 0 Å². The molecule has 0 aromatic heterocycles. The van der Waals surface area contributed by atoms with Crippen LogP contribution in [-0.2, 0) is 0 Å². The van der Waals surface area contributed by atoms with E-state index in [1.54, 1.807) is 18.2 Å². The normalized spacial score (nSPS) is 12.1. The maximum atomic E-state index is 13.1. The molecular formula is C16H12F3NO4. The van der Waals surface area contributed by atoms with Gasteiger partial charge < -0.3 is 19.5 Å². The Balaban J connectivity index is 1.50. The summed E-state index contributed by atoms with van der Waals surface area (Å²) in [4.78, 5) is 11.8. The van der Waals surface area contributed by atoms with Gasteiger partial charge in [-0.05, 0) is 24.3 Å². The minimum absolute atomic E-state index is 0.0912. The van der Waals surface area contributed by atoms with Gasteiger partial charge in [0.05, 0.1) is 6.54 Å². The predicted octanol–water partition coefficient (Wildman–Crippen LogP) is 2.64.